The largest absolute Gasteiger partial charge is 0.349 e. The van der Waals surface area contributed by atoms with Gasteiger partial charge in [-0.2, -0.15) is 0 Å². The first-order valence-electron chi connectivity index (χ1n) is 7.30. The molecule has 0 spiro atoms. The highest BCUT2D eigenvalue weighted by Crippen LogP contribution is 2.11. The minimum atomic E-state index is -0.619. The van der Waals surface area contributed by atoms with Crippen LogP contribution in [-0.4, -0.2) is 33.8 Å². The molecule has 4 N–H and O–H groups in total. The molecule has 0 aromatic carbocycles. The fourth-order valence-corrected chi connectivity index (χ4v) is 2.11. The zero-order valence-electron chi connectivity index (χ0n) is 13.9. The molecule has 2 rings (SSSR count). The van der Waals surface area contributed by atoms with Crippen molar-refractivity contribution in [3.05, 3.63) is 35.2 Å². The minimum absolute atomic E-state index is 0. The second-order valence-electron chi connectivity index (χ2n) is 5.61. The Bertz CT molecular complexity index is 720. The standard InChI is InChI=1S/C15H20ClN5O2.2ClH/c1-9(2)14(17)15(23)19-6-13(22)18-5-11-8-21-7-10(16)3-4-12(21)20-11;;/h3-4,7-9,14H,5-6,17H2,1-2H3,(H,18,22)(H,19,23);2*1H/t14-;;/m0../s1. The molecule has 2 amide bonds. The first-order chi connectivity index (χ1) is 10.9. The van der Waals surface area contributed by atoms with Crippen LogP contribution in [0, 0.1) is 5.92 Å². The van der Waals surface area contributed by atoms with Gasteiger partial charge in [0.25, 0.3) is 0 Å². The fourth-order valence-electron chi connectivity index (χ4n) is 1.94. The number of fused-ring (bicyclic) bond motifs is 1. The second kappa shape index (κ2) is 10.5. The quantitative estimate of drug-likeness (QED) is 0.672. The SMILES string of the molecule is CC(C)[C@H](N)C(=O)NCC(=O)NCc1cn2cc(Cl)ccc2n1.Cl.Cl. The van der Waals surface area contributed by atoms with Crippen molar-refractivity contribution >= 4 is 53.9 Å². The van der Waals surface area contributed by atoms with Crippen LogP contribution in [0.4, 0.5) is 0 Å². The van der Waals surface area contributed by atoms with Crippen molar-refractivity contribution < 1.29 is 9.59 Å². The number of carbonyl (C=O) groups is 2. The van der Waals surface area contributed by atoms with E-state index in [9.17, 15) is 9.59 Å². The lowest BCUT2D eigenvalue weighted by Crippen LogP contribution is -2.47. The number of amides is 2. The molecule has 0 saturated heterocycles. The lowest BCUT2D eigenvalue weighted by atomic mass is 10.1. The van der Waals surface area contributed by atoms with Gasteiger partial charge in [-0.3, -0.25) is 9.59 Å². The number of halogens is 3. The van der Waals surface area contributed by atoms with E-state index in [1.807, 2.05) is 13.8 Å². The topological polar surface area (TPSA) is 102 Å². The molecule has 2 heterocycles. The van der Waals surface area contributed by atoms with Crippen LogP contribution in [-0.2, 0) is 16.1 Å². The van der Waals surface area contributed by atoms with E-state index in [0.29, 0.717) is 10.7 Å². The van der Waals surface area contributed by atoms with E-state index in [1.165, 1.54) is 0 Å². The third-order valence-electron chi connectivity index (χ3n) is 3.38. The van der Waals surface area contributed by atoms with Gasteiger partial charge in [0.05, 0.1) is 29.8 Å². The smallest absolute Gasteiger partial charge is 0.239 e. The Morgan fingerprint density at radius 1 is 1.24 bits per heavy atom. The molecule has 2 aromatic heterocycles. The van der Waals surface area contributed by atoms with E-state index in [0.717, 1.165) is 5.65 Å². The molecule has 2 aromatic rings. The number of hydrogen-bond donors (Lipinski definition) is 3. The molecule has 0 unspecified atom stereocenters. The molecule has 0 radical (unpaired) electrons. The van der Waals surface area contributed by atoms with E-state index in [-0.39, 0.29) is 55.6 Å². The normalized spacial score (nSPS) is 11.4. The average molecular weight is 411 g/mol. The molecule has 0 aliphatic heterocycles. The summed E-state index contributed by atoms with van der Waals surface area (Å²) in [5, 5.41) is 5.82. The number of aromatic nitrogens is 2. The molecule has 25 heavy (non-hydrogen) atoms. The van der Waals surface area contributed by atoms with Crippen LogP contribution in [0.5, 0.6) is 0 Å². The monoisotopic (exact) mass is 409 g/mol. The second-order valence-corrected chi connectivity index (χ2v) is 6.05. The van der Waals surface area contributed by atoms with Crippen molar-refractivity contribution in [2.24, 2.45) is 11.7 Å². The average Bonchev–Trinajstić information content (AvgIpc) is 2.91. The Labute approximate surface area is 163 Å². The van der Waals surface area contributed by atoms with E-state index in [4.69, 9.17) is 17.3 Å². The summed E-state index contributed by atoms with van der Waals surface area (Å²) >= 11 is 5.91. The van der Waals surface area contributed by atoms with Gasteiger partial charge in [0.1, 0.15) is 5.65 Å². The maximum Gasteiger partial charge on any atom is 0.239 e. The number of rotatable bonds is 6. The molecular weight excluding hydrogens is 389 g/mol. The Hall–Kier alpha value is -1.54. The van der Waals surface area contributed by atoms with Crippen molar-refractivity contribution in [2.75, 3.05) is 6.54 Å². The van der Waals surface area contributed by atoms with Gasteiger partial charge in [-0.1, -0.05) is 25.4 Å². The highest BCUT2D eigenvalue weighted by Gasteiger charge is 2.17. The third-order valence-corrected chi connectivity index (χ3v) is 3.60. The van der Waals surface area contributed by atoms with Gasteiger partial charge in [0, 0.05) is 12.4 Å². The number of pyridine rings is 1. The van der Waals surface area contributed by atoms with Gasteiger partial charge in [-0.15, -0.1) is 24.8 Å². The van der Waals surface area contributed by atoms with Crippen LogP contribution in [0.25, 0.3) is 5.65 Å². The minimum Gasteiger partial charge on any atom is -0.349 e. The van der Waals surface area contributed by atoms with Gasteiger partial charge in [0.15, 0.2) is 0 Å². The summed E-state index contributed by atoms with van der Waals surface area (Å²) in [7, 11) is 0. The number of carbonyl (C=O) groups excluding carboxylic acids is 2. The Balaban J connectivity index is 0.00000288. The number of imidazole rings is 1. The number of nitrogens with one attached hydrogen (secondary N) is 2. The predicted octanol–water partition coefficient (Wildman–Crippen LogP) is 1.55. The zero-order valence-corrected chi connectivity index (χ0v) is 16.2. The predicted molar refractivity (Wildman–Crippen MR) is 102 cm³/mol. The van der Waals surface area contributed by atoms with Crippen molar-refractivity contribution in [3.63, 3.8) is 0 Å². The lowest BCUT2D eigenvalue weighted by Gasteiger charge is -2.14. The molecule has 0 fully saturated rings. The summed E-state index contributed by atoms with van der Waals surface area (Å²) in [4.78, 5) is 27.8. The van der Waals surface area contributed by atoms with Crippen LogP contribution < -0.4 is 16.4 Å². The maximum absolute atomic E-state index is 11.8. The third kappa shape index (κ3) is 6.70. The summed E-state index contributed by atoms with van der Waals surface area (Å²) < 4.78 is 1.78. The molecule has 0 saturated carbocycles. The van der Waals surface area contributed by atoms with Gasteiger partial charge in [-0.25, -0.2) is 4.98 Å². The summed E-state index contributed by atoms with van der Waals surface area (Å²) in [6.07, 6.45) is 3.53. The zero-order chi connectivity index (χ0) is 17.0. The van der Waals surface area contributed by atoms with Gasteiger partial charge in [-0.05, 0) is 18.1 Å². The molecule has 7 nitrogen and oxygen atoms in total. The molecule has 0 aliphatic rings. The first kappa shape index (κ1) is 23.5. The van der Waals surface area contributed by atoms with Gasteiger partial charge in [0.2, 0.25) is 11.8 Å². The Kier molecular flexibility index (Phi) is 9.81. The van der Waals surface area contributed by atoms with Gasteiger partial charge >= 0.3 is 0 Å². The summed E-state index contributed by atoms with van der Waals surface area (Å²) in [5.41, 5.74) is 7.14. The summed E-state index contributed by atoms with van der Waals surface area (Å²) in [5.74, 6) is -0.621. The first-order valence-corrected chi connectivity index (χ1v) is 7.67. The number of nitrogens with two attached hydrogens (primary N) is 1. The van der Waals surface area contributed by atoms with E-state index < -0.39 is 6.04 Å². The van der Waals surface area contributed by atoms with Crippen molar-refractivity contribution in [3.8, 4) is 0 Å². The van der Waals surface area contributed by atoms with Crippen LogP contribution in [0.2, 0.25) is 5.02 Å². The maximum atomic E-state index is 11.8. The molecule has 1 atom stereocenters. The highest BCUT2D eigenvalue weighted by molar-refractivity contribution is 6.30. The molecular formula is C15H22Cl3N5O2. The summed E-state index contributed by atoms with van der Waals surface area (Å²) in [6, 6.07) is 2.92. The summed E-state index contributed by atoms with van der Waals surface area (Å²) in [6.45, 7) is 3.85. The number of hydrogen-bond acceptors (Lipinski definition) is 4. The molecule has 140 valence electrons. The van der Waals surface area contributed by atoms with Crippen LogP contribution in [0.1, 0.15) is 19.5 Å². The van der Waals surface area contributed by atoms with Crippen LogP contribution in [0.3, 0.4) is 0 Å². The fraction of sp³-hybridized carbons (Fsp3) is 0.400. The molecule has 10 heteroatoms. The van der Waals surface area contributed by atoms with E-state index >= 15 is 0 Å². The van der Waals surface area contributed by atoms with Gasteiger partial charge < -0.3 is 20.8 Å². The molecule has 0 bridgehead atoms. The van der Waals surface area contributed by atoms with E-state index in [1.54, 1.807) is 28.9 Å². The number of nitrogens with zero attached hydrogens (tertiary/aromatic N) is 2. The van der Waals surface area contributed by atoms with Crippen LogP contribution in [0.15, 0.2) is 24.5 Å². The van der Waals surface area contributed by atoms with Crippen molar-refractivity contribution in [1.82, 2.24) is 20.0 Å². The lowest BCUT2D eigenvalue weighted by molar-refractivity contribution is -0.127. The van der Waals surface area contributed by atoms with Crippen LogP contribution >= 0.6 is 36.4 Å². The Morgan fingerprint density at radius 3 is 2.56 bits per heavy atom. The molecule has 0 aliphatic carbocycles. The Morgan fingerprint density at radius 2 is 1.92 bits per heavy atom. The van der Waals surface area contributed by atoms with Crippen molar-refractivity contribution in [2.45, 2.75) is 26.4 Å². The highest BCUT2D eigenvalue weighted by atomic mass is 35.5. The van der Waals surface area contributed by atoms with Crippen molar-refractivity contribution in [1.29, 1.82) is 0 Å². The van der Waals surface area contributed by atoms with E-state index in [2.05, 4.69) is 15.6 Å².